The van der Waals surface area contributed by atoms with Gasteiger partial charge in [0.25, 0.3) is 5.91 Å². The Morgan fingerprint density at radius 3 is 3.00 bits per heavy atom. The topological polar surface area (TPSA) is 56.8 Å². The monoisotopic (exact) mass is 209 g/mol. The minimum absolute atomic E-state index is 0.347. The number of benzene rings is 1. The summed E-state index contributed by atoms with van der Waals surface area (Å²) in [7, 11) is 1.38. The second-order valence-electron chi connectivity index (χ2n) is 2.97. The standard InChI is InChI=1S/C10H11NO4/c1-13-11-10(12)7-3-2-4-8-9(7)15-6-5-14-8/h2-4H,5-6H2,1H3,(H,11,12). The maximum absolute atomic E-state index is 11.5. The van der Waals surface area contributed by atoms with E-state index in [1.165, 1.54) is 7.11 Å². The highest BCUT2D eigenvalue weighted by molar-refractivity contribution is 5.97. The van der Waals surface area contributed by atoms with Gasteiger partial charge in [0.15, 0.2) is 11.5 Å². The van der Waals surface area contributed by atoms with Crippen molar-refractivity contribution in [2.24, 2.45) is 0 Å². The Hall–Kier alpha value is -1.75. The summed E-state index contributed by atoms with van der Waals surface area (Å²) >= 11 is 0. The van der Waals surface area contributed by atoms with Gasteiger partial charge in [-0.2, -0.15) is 0 Å². The molecule has 0 atom stereocenters. The van der Waals surface area contributed by atoms with Crippen molar-refractivity contribution in [2.75, 3.05) is 20.3 Å². The van der Waals surface area contributed by atoms with Crippen molar-refractivity contribution in [1.29, 1.82) is 0 Å². The van der Waals surface area contributed by atoms with Gasteiger partial charge in [-0.05, 0) is 12.1 Å². The van der Waals surface area contributed by atoms with Gasteiger partial charge in [-0.15, -0.1) is 0 Å². The molecule has 1 amide bonds. The van der Waals surface area contributed by atoms with Crippen LogP contribution < -0.4 is 15.0 Å². The zero-order valence-corrected chi connectivity index (χ0v) is 8.28. The molecule has 0 aliphatic carbocycles. The van der Waals surface area contributed by atoms with Crippen LogP contribution in [0, 0.1) is 0 Å². The van der Waals surface area contributed by atoms with Crippen LogP contribution in [0.4, 0.5) is 0 Å². The highest BCUT2D eigenvalue weighted by Gasteiger charge is 2.19. The quantitative estimate of drug-likeness (QED) is 0.730. The lowest BCUT2D eigenvalue weighted by Crippen LogP contribution is -2.24. The minimum Gasteiger partial charge on any atom is -0.486 e. The molecule has 0 unspecified atom stereocenters. The number of carbonyl (C=O) groups is 1. The molecule has 1 N–H and O–H groups in total. The van der Waals surface area contributed by atoms with Crippen molar-refractivity contribution < 1.29 is 19.1 Å². The Kier molecular flexibility index (Phi) is 2.73. The molecule has 0 spiro atoms. The summed E-state index contributed by atoms with van der Waals surface area (Å²) in [6, 6.07) is 5.15. The lowest BCUT2D eigenvalue weighted by molar-refractivity contribution is 0.0530. The molecule has 5 nitrogen and oxygen atoms in total. The summed E-state index contributed by atoms with van der Waals surface area (Å²) in [5.41, 5.74) is 2.65. The Labute approximate surface area is 86.9 Å². The normalized spacial score (nSPS) is 13.4. The van der Waals surface area contributed by atoms with Gasteiger partial charge in [-0.25, -0.2) is 5.48 Å². The largest absolute Gasteiger partial charge is 0.486 e. The molecule has 1 aliphatic heterocycles. The minimum atomic E-state index is -0.347. The molecule has 0 saturated heterocycles. The van der Waals surface area contributed by atoms with E-state index in [0.717, 1.165) is 0 Å². The highest BCUT2D eigenvalue weighted by Crippen LogP contribution is 2.33. The van der Waals surface area contributed by atoms with E-state index in [1.807, 2.05) is 0 Å². The van der Waals surface area contributed by atoms with Crippen LogP contribution in [0.25, 0.3) is 0 Å². The first-order valence-electron chi connectivity index (χ1n) is 4.55. The Morgan fingerprint density at radius 2 is 2.20 bits per heavy atom. The van der Waals surface area contributed by atoms with Crippen LogP contribution in [-0.2, 0) is 4.84 Å². The lowest BCUT2D eigenvalue weighted by Gasteiger charge is -2.20. The molecule has 0 saturated carbocycles. The van der Waals surface area contributed by atoms with E-state index >= 15 is 0 Å². The van der Waals surface area contributed by atoms with E-state index in [1.54, 1.807) is 18.2 Å². The fraction of sp³-hybridized carbons (Fsp3) is 0.300. The van der Waals surface area contributed by atoms with E-state index in [4.69, 9.17) is 9.47 Å². The van der Waals surface area contributed by atoms with Crippen LogP contribution in [0.3, 0.4) is 0 Å². The van der Waals surface area contributed by atoms with Crippen molar-refractivity contribution in [3.63, 3.8) is 0 Å². The van der Waals surface area contributed by atoms with Crippen LogP contribution in [-0.4, -0.2) is 26.2 Å². The number of hydrogen-bond donors (Lipinski definition) is 1. The van der Waals surface area contributed by atoms with Gasteiger partial charge in [0.05, 0.1) is 12.7 Å². The van der Waals surface area contributed by atoms with Crippen molar-refractivity contribution in [1.82, 2.24) is 5.48 Å². The van der Waals surface area contributed by atoms with E-state index in [2.05, 4.69) is 10.3 Å². The third kappa shape index (κ3) is 1.87. The first-order chi connectivity index (χ1) is 7.33. The van der Waals surface area contributed by atoms with Gasteiger partial charge in [-0.3, -0.25) is 9.63 Å². The predicted octanol–water partition coefficient (Wildman–Crippen LogP) is 0.749. The van der Waals surface area contributed by atoms with Gasteiger partial charge in [-0.1, -0.05) is 6.07 Å². The lowest BCUT2D eigenvalue weighted by atomic mass is 10.1. The Morgan fingerprint density at radius 1 is 1.40 bits per heavy atom. The maximum Gasteiger partial charge on any atom is 0.278 e. The maximum atomic E-state index is 11.5. The molecule has 0 fully saturated rings. The smallest absolute Gasteiger partial charge is 0.278 e. The number of hydroxylamine groups is 1. The predicted molar refractivity (Wildman–Crippen MR) is 51.9 cm³/mol. The third-order valence-corrected chi connectivity index (χ3v) is 2.01. The van der Waals surface area contributed by atoms with Gasteiger partial charge in [0.1, 0.15) is 13.2 Å². The zero-order chi connectivity index (χ0) is 10.7. The summed E-state index contributed by atoms with van der Waals surface area (Å²) < 4.78 is 10.7. The van der Waals surface area contributed by atoms with E-state index in [9.17, 15) is 4.79 Å². The fourth-order valence-electron chi connectivity index (χ4n) is 1.40. The number of hydrogen-bond acceptors (Lipinski definition) is 4. The third-order valence-electron chi connectivity index (χ3n) is 2.01. The van der Waals surface area contributed by atoms with Crippen LogP contribution in [0.5, 0.6) is 11.5 Å². The van der Waals surface area contributed by atoms with E-state index < -0.39 is 0 Å². The molecular weight excluding hydrogens is 198 g/mol. The summed E-state index contributed by atoms with van der Waals surface area (Å²) in [6.45, 7) is 0.951. The molecule has 0 bridgehead atoms. The number of para-hydroxylation sites is 1. The second-order valence-corrected chi connectivity index (χ2v) is 2.97. The summed E-state index contributed by atoms with van der Waals surface area (Å²) in [6.07, 6.45) is 0. The first-order valence-corrected chi connectivity index (χ1v) is 4.55. The molecular formula is C10H11NO4. The van der Waals surface area contributed by atoms with Gasteiger partial charge >= 0.3 is 0 Å². The SMILES string of the molecule is CONC(=O)c1cccc2c1OCCO2. The molecule has 1 heterocycles. The van der Waals surface area contributed by atoms with Crippen molar-refractivity contribution >= 4 is 5.91 Å². The molecule has 1 aromatic rings. The van der Waals surface area contributed by atoms with Crippen LogP contribution in [0.1, 0.15) is 10.4 Å². The highest BCUT2D eigenvalue weighted by atomic mass is 16.6. The van der Waals surface area contributed by atoms with Crippen molar-refractivity contribution in [2.45, 2.75) is 0 Å². The number of nitrogens with one attached hydrogen (secondary N) is 1. The van der Waals surface area contributed by atoms with Gasteiger partial charge in [0.2, 0.25) is 0 Å². The molecule has 5 heteroatoms. The summed E-state index contributed by atoms with van der Waals surface area (Å²) in [5, 5.41) is 0. The number of amides is 1. The molecule has 0 radical (unpaired) electrons. The van der Waals surface area contributed by atoms with Crippen molar-refractivity contribution in [3.8, 4) is 11.5 Å². The molecule has 1 aliphatic rings. The van der Waals surface area contributed by atoms with Crippen molar-refractivity contribution in [3.05, 3.63) is 23.8 Å². The number of rotatable bonds is 2. The van der Waals surface area contributed by atoms with Crippen LogP contribution in [0.15, 0.2) is 18.2 Å². The molecule has 2 rings (SSSR count). The average molecular weight is 209 g/mol. The second kappa shape index (κ2) is 4.18. The number of fused-ring (bicyclic) bond motifs is 1. The van der Waals surface area contributed by atoms with Crippen LogP contribution in [0.2, 0.25) is 0 Å². The molecule has 1 aromatic carbocycles. The Bertz CT molecular complexity index is 378. The van der Waals surface area contributed by atoms with Gasteiger partial charge in [0, 0.05) is 0 Å². The fourth-order valence-corrected chi connectivity index (χ4v) is 1.40. The summed E-state index contributed by atoms with van der Waals surface area (Å²) in [5.74, 6) is 0.711. The molecule has 0 aromatic heterocycles. The molecule has 80 valence electrons. The van der Waals surface area contributed by atoms with E-state index in [-0.39, 0.29) is 5.91 Å². The molecule has 15 heavy (non-hydrogen) atoms. The number of ether oxygens (including phenoxy) is 2. The van der Waals surface area contributed by atoms with Crippen LogP contribution >= 0.6 is 0 Å². The Balaban J connectivity index is 2.34. The first kappa shape index (κ1) is 9.79. The van der Waals surface area contributed by atoms with Gasteiger partial charge < -0.3 is 9.47 Å². The zero-order valence-electron chi connectivity index (χ0n) is 8.28. The van der Waals surface area contributed by atoms with E-state index in [0.29, 0.717) is 30.3 Å². The average Bonchev–Trinajstić information content (AvgIpc) is 2.28. The summed E-state index contributed by atoms with van der Waals surface area (Å²) in [4.78, 5) is 16.1. The number of carbonyl (C=O) groups excluding carboxylic acids is 1.